The van der Waals surface area contributed by atoms with Crippen molar-refractivity contribution < 1.29 is 14.6 Å². The quantitative estimate of drug-likeness (QED) is 0.878. The molecular weight excluding hydrogens is 306 g/mol. The number of nitrogens with zero attached hydrogens (tertiary/aromatic N) is 3. The summed E-state index contributed by atoms with van der Waals surface area (Å²) in [5.74, 6) is 1.48. The number of aliphatic hydroxyl groups excluding tert-OH is 1. The first-order valence-electron chi connectivity index (χ1n) is 8.47. The van der Waals surface area contributed by atoms with Gasteiger partial charge in [-0.05, 0) is 32.8 Å². The molecule has 3 rings (SSSR count). The zero-order valence-corrected chi connectivity index (χ0v) is 14.3. The van der Waals surface area contributed by atoms with Crippen LogP contribution in [0.4, 0.5) is 0 Å². The van der Waals surface area contributed by atoms with Gasteiger partial charge in [0, 0.05) is 18.8 Å². The molecule has 0 saturated carbocycles. The van der Waals surface area contributed by atoms with Crippen LogP contribution >= 0.6 is 0 Å². The number of aryl methyl sites for hydroxylation is 2. The highest BCUT2D eigenvalue weighted by Crippen LogP contribution is 2.19. The fourth-order valence-electron chi connectivity index (χ4n) is 2.92. The molecule has 1 aliphatic rings. The van der Waals surface area contributed by atoms with Crippen molar-refractivity contribution in [2.75, 3.05) is 19.8 Å². The minimum Gasteiger partial charge on any atom is -0.389 e. The summed E-state index contributed by atoms with van der Waals surface area (Å²) < 4.78 is 12.9. The first-order valence-corrected chi connectivity index (χ1v) is 8.47. The number of aromatic nitrogens is 3. The molecule has 0 amide bonds. The molecule has 2 heterocycles. The third-order valence-corrected chi connectivity index (χ3v) is 4.13. The van der Waals surface area contributed by atoms with E-state index in [1.54, 1.807) is 4.68 Å². The van der Waals surface area contributed by atoms with E-state index >= 15 is 0 Å². The van der Waals surface area contributed by atoms with Crippen LogP contribution in [0.5, 0.6) is 0 Å². The van der Waals surface area contributed by atoms with Crippen molar-refractivity contribution in [2.45, 2.75) is 45.4 Å². The predicted octanol–water partition coefficient (Wildman–Crippen LogP) is 2.12. The minimum atomic E-state index is -0.613. The molecule has 130 valence electrons. The van der Waals surface area contributed by atoms with Crippen LogP contribution < -0.4 is 0 Å². The molecule has 0 aliphatic carbocycles. The van der Waals surface area contributed by atoms with Crippen LogP contribution in [0.15, 0.2) is 24.3 Å². The molecule has 6 heteroatoms. The number of hydrogen-bond acceptors (Lipinski definition) is 5. The van der Waals surface area contributed by atoms with Gasteiger partial charge in [0.25, 0.3) is 0 Å². The molecule has 1 saturated heterocycles. The smallest absolute Gasteiger partial charge is 0.158 e. The van der Waals surface area contributed by atoms with Crippen molar-refractivity contribution in [3.8, 4) is 11.4 Å². The van der Waals surface area contributed by atoms with Gasteiger partial charge in [-0.2, -0.15) is 5.10 Å². The Morgan fingerprint density at radius 2 is 2.12 bits per heavy atom. The molecule has 1 aliphatic heterocycles. The number of benzene rings is 1. The molecule has 1 atom stereocenters. The predicted molar refractivity (Wildman–Crippen MR) is 90.7 cm³/mol. The van der Waals surface area contributed by atoms with E-state index in [1.807, 2.05) is 32.0 Å². The molecule has 0 bridgehead atoms. The van der Waals surface area contributed by atoms with Gasteiger partial charge < -0.3 is 14.6 Å². The maximum absolute atomic E-state index is 10.3. The summed E-state index contributed by atoms with van der Waals surface area (Å²) in [5, 5.41) is 14.7. The Morgan fingerprint density at radius 3 is 2.88 bits per heavy atom. The summed E-state index contributed by atoms with van der Waals surface area (Å²) in [7, 11) is 0. The highest BCUT2D eigenvalue weighted by atomic mass is 16.5. The number of hydrogen-bond donors (Lipinski definition) is 1. The third kappa shape index (κ3) is 4.41. The van der Waals surface area contributed by atoms with Gasteiger partial charge in [-0.1, -0.05) is 23.8 Å². The van der Waals surface area contributed by atoms with E-state index in [4.69, 9.17) is 9.47 Å². The molecule has 1 aromatic heterocycles. The topological polar surface area (TPSA) is 69.4 Å². The average molecular weight is 331 g/mol. The highest BCUT2D eigenvalue weighted by Gasteiger charge is 2.18. The van der Waals surface area contributed by atoms with E-state index in [-0.39, 0.29) is 6.10 Å². The maximum Gasteiger partial charge on any atom is 0.158 e. The van der Waals surface area contributed by atoms with E-state index in [1.165, 1.54) is 5.56 Å². The largest absolute Gasteiger partial charge is 0.389 e. The fourth-order valence-corrected chi connectivity index (χ4v) is 2.92. The van der Waals surface area contributed by atoms with Gasteiger partial charge >= 0.3 is 0 Å². The molecule has 1 unspecified atom stereocenters. The summed E-state index contributed by atoms with van der Waals surface area (Å²) in [6.07, 6.45) is 1.35. The Hall–Kier alpha value is -1.76. The Bertz CT molecular complexity index is 665. The molecule has 0 radical (unpaired) electrons. The van der Waals surface area contributed by atoms with Crippen molar-refractivity contribution in [3.63, 3.8) is 0 Å². The Morgan fingerprint density at radius 1 is 1.33 bits per heavy atom. The Balaban J connectivity index is 1.64. The first-order chi connectivity index (χ1) is 11.6. The van der Waals surface area contributed by atoms with E-state index in [0.717, 1.165) is 37.4 Å². The van der Waals surface area contributed by atoms with Crippen molar-refractivity contribution >= 4 is 0 Å². The highest BCUT2D eigenvalue weighted by molar-refractivity contribution is 5.56. The minimum absolute atomic E-state index is 0.183. The summed E-state index contributed by atoms with van der Waals surface area (Å²) in [6.45, 7) is 6.06. The Labute approximate surface area is 142 Å². The molecule has 1 fully saturated rings. The van der Waals surface area contributed by atoms with Crippen LogP contribution in [-0.2, 0) is 16.0 Å². The zero-order valence-electron chi connectivity index (χ0n) is 14.3. The lowest BCUT2D eigenvalue weighted by Gasteiger charge is -2.23. The number of ether oxygens (including phenoxy) is 2. The standard InChI is InChI=1S/C18H25N3O3/c1-13-4-3-5-15(10-13)18-19-14(2)20-21(18)11-16(22)12-24-17-6-8-23-9-7-17/h3-5,10,16-17,22H,6-9,11-12H2,1-2H3. The summed E-state index contributed by atoms with van der Waals surface area (Å²) in [5.41, 5.74) is 2.18. The van der Waals surface area contributed by atoms with E-state index in [0.29, 0.717) is 19.0 Å². The van der Waals surface area contributed by atoms with Crippen molar-refractivity contribution in [3.05, 3.63) is 35.7 Å². The summed E-state index contributed by atoms with van der Waals surface area (Å²) in [4.78, 5) is 4.51. The summed E-state index contributed by atoms with van der Waals surface area (Å²) >= 11 is 0. The van der Waals surface area contributed by atoms with Crippen LogP contribution in [0.25, 0.3) is 11.4 Å². The van der Waals surface area contributed by atoms with E-state index in [2.05, 4.69) is 16.1 Å². The summed E-state index contributed by atoms with van der Waals surface area (Å²) in [6, 6.07) is 8.14. The monoisotopic (exact) mass is 331 g/mol. The number of rotatable bonds is 6. The van der Waals surface area contributed by atoms with Crippen LogP contribution in [0, 0.1) is 13.8 Å². The van der Waals surface area contributed by atoms with Crippen LogP contribution in [-0.4, -0.2) is 51.9 Å². The van der Waals surface area contributed by atoms with Crippen molar-refractivity contribution in [2.24, 2.45) is 0 Å². The van der Waals surface area contributed by atoms with Crippen LogP contribution in [0.2, 0.25) is 0 Å². The molecular formula is C18H25N3O3. The number of aliphatic hydroxyl groups is 1. The van der Waals surface area contributed by atoms with E-state index < -0.39 is 6.10 Å². The normalized spacial score (nSPS) is 17.1. The van der Waals surface area contributed by atoms with Gasteiger partial charge in [-0.25, -0.2) is 9.67 Å². The second-order valence-corrected chi connectivity index (χ2v) is 6.33. The first kappa shape index (κ1) is 17.1. The average Bonchev–Trinajstić information content (AvgIpc) is 2.94. The van der Waals surface area contributed by atoms with Gasteiger partial charge in [-0.15, -0.1) is 0 Å². The fraction of sp³-hybridized carbons (Fsp3) is 0.556. The van der Waals surface area contributed by atoms with Crippen LogP contribution in [0.3, 0.4) is 0 Å². The maximum atomic E-state index is 10.3. The van der Waals surface area contributed by atoms with Crippen molar-refractivity contribution in [1.29, 1.82) is 0 Å². The molecule has 2 aromatic rings. The second-order valence-electron chi connectivity index (χ2n) is 6.33. The lowest BCUT2D eigenvalue weighted by Crippen LogP contribution is -2.29. The SMILES string of the molecule is Cc1cccc(-c2nc(C)nn2CC(O)COC2CCOCC2)c1. The zero-order chi connectivity index (χ0) is 16.9. The molecule has 24 heavy (non-hydrogen) atoms. The van der Waals surface area contributed by atoms with E-state index in [9.17, 15) is 5.11 Å². The van der Waals surface area contributed by atoms with Gasteiger partial charge in [-0.3, -0.25) is 0 Å². The second kappa shape index (κ2) is 7.88. The third-order valence-electron chi connectivity index (χ3n) is 4.13. The van der Waals surface area contributed by atoms with Gasteiger partial charge in [0.15, 0.2) is 5.82 Å². The molecule has 6 nitrogen and oxygen atoms in total. The Kier molecular flexibility index (Phi) is 5.60. The van der Waals surface area contributed by atoms with Gasteiger partial charge in [0.2, 0.25) is 0 Å². The van der Waals surface area contributed by atoms with Crippen LogP contribution in [0.1, 0.15) is 24.2 Å². The van der Waals surface area contributed by atoms with Gasteiger partial charge in [0.05, 0.1) is 25.4 Å². The lowest BCUT2D eigenvalue weighted by atomic mass is 10.1. The molecule has 0 spiro atoms. The van der Waals surface area contributed by atoms with Gasteiger partial charge in [0.1, 0.15) is 5.82 Å². The molecule has 1 aromatic carbocycles. The lowest BCUT2D eigenvalue weighted by molar-refractivity contribution is -0.0621. The van der Waals surface area contributed by atoms with Crippen molar-refractivity contribution in [1.82, 2.24) is 14.8 Å². The molecule has 1 N–H and O–H groups in total.